The van der Waals surface area contributed by atoms with E-state index in [1.165, 1.54) is 10.5 Å². The summed E-state index contributed by atoms with van der Waals surface area (Å²) in [7, 11) is 3.34. The van der Waals surface area contributed by atoms with Crippen LogP contribution in [0.4, 0.5) is 13.2 Å². The first-order valence-corrected chi connectivity index (χ1v) is 10.00. The number of carbonyl (C=O) groups is 2. The highest BCUT2D eigenvalue weighted by Gasteiger charge is 2.38. The molecule has 0 bridgehead atoms. The van der Waals surface area contributed by atoms with Gasteiger partial charge < -0.3 is 15.6 Å². The third-order valence-corrected chi connectivity index (χ3v) is 5.16. The molecule has 0 spiro atoms. The Labute approximate surface area is 189 Å². The second kappa shape index (κ2) is 10.4. The third kappa shape index (κ3) is 7.23. The second-order valence-corrected chi connectivity index (χ2v) is 7.83. The average Bonchev–Trinajstić information content (AvgIpc) is 2.76. The molecule has 1 aliphatic heterocycles. The van der Waals surface area contributed by atoms with Crippen molar-refractivity contribution >= 4 is 17.8 Å². The number of halogens is 3. The molecule has 33 heavy (non-hydrogen) atoms. The molecule has 178 valence electrons. The van der Waals surface area contributed by atoms with Gasteiger partial charge in [0.15, 0.2) is 5.96 Å². The lowest BCUT2D eigenvalue weighted by Crippen LogP contribution is -2.48. The van der Waals surface area contributed by atoms with E-state index in [0.717, 1.165) is 29.7 Å². The van der Waals surface area contributed by atoms with Crippen molar-refractivity contribution in [2.24, 2.45) is 10.7 Å². The van der Waals surface area contributed by atoms with Crippen LogP contribution in [0.1, 0.15) is 25.3 Å². The van der Waals surface area contributed by atoms with Crippen LogP contribution in [-0.2, 0) is 16.0 Å². The first kappa shape index (κ1) is 25.7. The predicted octanol–water partition coefficient (Wildman–Crippen LogP) is 3.86. The van der Waals surface area contributed by atoms with Gasteiger partial charge in [-0.25, -0.2) is 9.79 Å². The monoisotopic (exact) mass is 465 g/mol. The molecule has 2 aromatic rings. The quantitative estimate of drug-likeness (QED) is 0.698. The number of benzene rings is 2. The van der Waals surface area contributed by atoms with Gasteiger partial charge in [-0.1, -0.05) is 36.4 Å². The van der Waals surface area contributed by atoms with Crippen LogP contribution in [0, 0.1) is 0 Å². The summed E-state index contributed by atoms with van der Waals surface area (Å²) in [5, 5.41) is 7.12. The number of aryl methyl sites for hydroxylation is 1. The van der Waals surface area contributed by atoms with Crippen LogP contribution in [0.25, 0.3) is 11.1 Å². The van der Waals surface area contributed by atoms with Crippen LogP contribution in [0.15, 0.2) is 53.5 Å². The third-order valence-electron chi connectivity index (χ3n) is 5.16. The predicted molar refractivity (Wildman–Crippen MR) is 118 cm³/mol. The first-order valence-electron chi connectivity index (χ1n) is 10.00. The van der Waals surface area contributed by atoms with Crippen molar-refractivity contribution in [3.63, 3.8) is 0 Å². The number of hydrogen-bond acceptors (Lipinski definition) is 5. The Hall–Kier alpha value is -3.56. The molecule has 7 nitrogen and oxygen atoms in total. The summed E-state index contributed by atoms with van der Waals surface area (Å²) in [6.07, 6.45) is -3.09. The highest BCUT2D eigenvalue weighted by Crippen LogP contribution is 2.29. The fourth-order valence-electron chi connectivity index (χ4n) is 3.23. The van der Waals surface area contributed by atoms with Crippen molar-refractivity contribution in [1.29, 1.82) is 0 Å². The maximum atomic E-state index is 12.1. The molecule has 0 fully saturated rings. The van der Waals surface area contributed by atoms with Crippen molar-refractivity contribution < 1.29 is 32.6 Å². The van der Waals surface area contributed by atoms with Gasteiger partial charge in [-0.15, -0.1) is 0 Å². The molecule has 0 saturated heterocycles. The van der Waals surface area contributed by atoms with Crippen molar-refractivity contribution in [3.05, 3.63) is 54.1 Å². The van der Waals surface area contributed by atoms with E-state index < -0.39 is 17.7 Å². The number of carbonyl (C=O) groups excluding carboxylic acids is 1. The Balaban J connectivity index is 0.000000479. The minimum absolute atomic E-state index is 0.0186. The molecule has 0 radical (unpaired) electrons. The Morgan fingerprint density at radius 1 is 1.21 bits per heavy atom. The van der Waals surface area contributed by atoms with Crippen LogP contribution >= 0.6 is 0 Å². The van der Waals surface area contributed by atoms with Crippen molar-refractivity contribution in [1.82, 2.24) is 4.90 Å². The van der Waals surface area contributed by atoms with Gasteiger partial charge in [0.05, 0.1) is 19.1 Å². The van der Waals surface area contributed by atoms with Gasteiger partial charge in [-0.3, -0.25) is 9.69 Å². The highest BCUT2D eigenvalue weighted by molar-refractivity contribution is 5.98. The Kier molecular flexibility index (Phi) is 8.08. The van der Waals surface area contributed by atoms with Gasteiger partial charge >= 0.3 is 12.1 Å². The summed E-state index contributed by atoms with van der Waals surface area (Å²) in [6.45, 7) is 2.00. The number of aliphatic imine (C=N–C) groups is 1. The lowest BCUT2D eigenvalue weighted by atomic mass is 9.88. The lowest BCUT2D eigenvalue weighted by molar-refractivity contribution is -0.192. The van der Waals surface area contributed by atoms with E-state index in [9.17, 15) is 18.0 Å². The number of methoxy groups -OCH3 is 1. The fourth-order valence-corrected chi connectivity index (χ4v) is 3.23. The molecular weight excluding hydrogens is 439 g/mol. The number of rotatable bonds is 5. The van der Waals surface area contributed by atoms with E-state index >= 15 is 0 Å². The van der Waals surface area contributed by atoms with E-state index in [0.29, 0.717) is 12.4 Å². The maximum Gasteiger partial charge on any atom is 0.490 e. The zero-order valence-corrected chi connectivity index (χ0v) is 18.5. The first-order chi connectivity index (χ1) is 15.3. The number of nitrogens with two attached hydrogens (primary N) is 1. The number of ether oxygens (including phenoxy) is 1. The second-order valence-electron chi connectivity index (χ2n) is 7.83. The van der Waals surface area contributed by atoms with E-state index in [1.807, 2.05) is 25.1 Å². The van der Waals surface area contributed by atoms with Crippen LogP contribution in [0.2, 0.25) is 0 Å². The van der Waals surface area contributed by atoms with E-state index in [4.69, 9.17) is 20.4 Å². The number of nitrogens with zero attached hydrogens (tertiary/aromatic N) is 2. The highest BCUT2D eigenvalue weighted by atomic mass is 19.4. The molecule has 10 heteroatoms. The van der Waals surface area contributed by atoms with Gasteiger partial charge in [0.25, 0.3) is 0 Å². The summed E-state index contributed by atoms with van der Waals surface area (Å²) in [5.74, 6) is -1.60. The zero-order chi connectivity index (χ0) is 24.8. The van der Waals surface area contributed by atoms with Gasteiger partial charge in [-0.05, 0) is 48.6 Å². The Morgan fingerprint density at radius 3 is 2.33 bits per heavy atom. The topological polar surface area (TPSA) is 105 Å². The number of guanidine groups is 1. The number of carboxylic acid groups (broad SMARTS) is 1. The zero-order valence-electron chi connectivity index (χ0n) is 18.5. The van der Waals surface area contributed by atoms with Gasteiger partial charge in [-0.2, -0.15) is 13.2 Å². The van der Waals surface area contributed by atoms with Gasteiger partial charge in [0.2, 0.25) is 5.91 Å². The number of alkyl halides is 3. The minimum atomic E-state index is -5.08. The summed E-state index contributed by atoms with van der Waals surface area (Å²) in [6, 6.07) is 16.5. The van der Waals surface area contributed by atoms with Crippen molar-refractivity contribution in [2.75, 3.05) is 14.2 Å². The maximum absolute atomic E-state index is 12.1. The van der Waals surface area contributed by atoms with Crippen LogP contribution in [0.5, 0.6) is 5.75 Å². The summed E-state index contributed by atoms with van der Waals surface area (Å²) >= 11 is 0. The molecule has 1 aliphatic rings. The minimum Gasteiger partial charge on any atom is -0.497 e. The molecule has 0 aromatic heterocycles. The molecule has 1 atom stereocenters. The molecular formula is C23H26F3N3O4. The number of hydrogen-bond donors (Lipinski definition) is 2. The van der Waals surface area contributed by atoms with Crippen LogP contribution < -0.4 is 10.5 Å². The molecule has 0 saturated carbocycles. The molecule has 0 unspecified atom stereocenters. The molecule has 1 amide bonds. The number of amides is 1. The normalized spacial score (nSPS) is 18.2. The molecule has 3 rings (SSSR count). The fraction of sp³-hybridized carbons (Fsp3) is 0.348. The lowest BCUT2D eigenvalue weighted by Gasteiger charge is -2.33. The van der Waals surface area contributed by atoms with Crippen molar-refractivity contribution in [3.8, 4) is 16.9 Å². The standard InChI is InChI=1S/C21H25N3O2.C2HF3O2/c1-21(14-19(25)24(2)20(22)23-21)11-10-15-6-4-7-16(12-15)17-8-5-9-18(13-17)26-3;3-2(4,5)1(6)7/h4-9,12-13H,10-11,14H2,1-3H3,(H2,22,23);(H,6,7)/t21-;/m0./s1. The summed E-state index contributed by atoms with van der Waals surface area (Å²) in [5.41, 5.74) is 8.92. The molecule has 0 aliphatic carbocycles. The molecule has 2 aromatic carbocycles. The van der Waals surface area contributed by atoms with E-state index in [2.05, 4.69) is 35.3 Å². The Bertz CT molecular complexity index is 1040. The van der Waals surface area contributed by atoms with Gasteiger partial charge in [0.1, 0.15) is 5.75 Å². The summed E-state index contributed by atoms with van der Waals surface area (Å²) in [4.78, 5) is 26.9. The largest absolute Gasteiger partial charge is 0.497 e. The Morgan fingerprint density at radius 2 is 1.79 bits per heavy atom. The molecule has 1 heterocycles. The molecule has 3 N–H and O–H groups in total. The van der Waals surface area contributed by atoms with Crippen molar-refractivity contribution in [2.45, 2.75) is 37.9 Å². The van der Waals surface area contributed by atoms with Gasteiger partial charge in [0, 0.05) is 7.05 Å². The number of carboxylic acids is 1. The SMILES string of the molecule is COc1cccc(-c2cccc(CC[C@@]3(C)CC(=O)N(C)C(N)=N3)c2)c1.O=C(O)C(F)(F)F. The van der Waals surface area contributed by atoms with E-state index in [1.54, 1.807) is 14.2 Å². The van der Waals surface area contributed by atoms with Crippen LogP contribution in [-0.4, -0.2) is 53.7 Å². The summed E-state index contributed by atoms with van der Waals surface area (Å²) < 4.78 is 37.0. The van der Waals surface area contributed by atoms with E-state index in [-0.39, 0.29) is 5.91 Å². The average molecular weight is 465 g/mol. The number of aliphatic carboxylic acids is 1. The smallest absolute Gasteiger partial charge is 0.490 e. The van der Waals surface area contributed by atoms with Crippen LogP contribution in [0.3, 0.4) is 0 Å².